The summed E-state index contributed by atoms with van der Waals surface area (Å²) in [6.07, 6.45) is 5.24. The van der Waals surface area contributed by atoms with Gasteiger partial charge in [0, 0.05) is 49.2 Å². The van der Waals surface area contributed by atoms with Crippen molar-refractivity contribution in [2.45, 2.75) is 0 Å². The summed E-state index contributed by atoms with van der Waals surface area (Å²) in [5.41, 5.74) is 3.78. The zero-order chi connectivity index (χ0) is 16.4. The van der Waals surface area contributed by atoms with Crippen LogP contribution < -0.4 is 0 Å². The topological polar surface area (TPSA) is 64.5 Å². The maximum atomic E-state index is 9.45. The van der Waals surface area contributed by atoms with Gasteiger partial charge in [-0.1, -0.05) is 18.7 Å². The van der Waals surface area contributed by atoms with Gasteiger partial charge in [0.25, 0.3) is 0 Å². The summed E-state index contributed by atoms with van der Waals surface area (Å²) in [6, 6.07) is 9.18. The number of hydrogen-bond donors (Lipinski definition) is 2. The van der Waals surface area contributed by atoms with Crippen LogP contribution in [0.5, 0.6) is 5.75 Å². The fraction of sp³-hybridized carbons (Fsp3) is 0.111. The lowest BCUT2D eigenvalue weighted by molar-refractivity contribution is 0.475. The van der Waals surface area contributed by atoms with Gasteiger partial charge in [0.2, 0.25) is 0 Å². The Kier molecular flexibility index (Phi) is 3.85. The molecule has 3 aromatic rings. The fourth-order valence-corrected chi connectivity index (χ4v) is 2.54. The Hall–Kier alpha value is -3.08. The molecule has 0 amide bonds. The van der Waals surface area contributed by atoms with Gasteiger partial charge in [-0.15, -0.1) is 0 Å². The normalized spacial score (nSPS) is 11.7. The van der Waals surface area contributed by atoms with Gasteiger partial charge in [0.1, 0.15) is 17.2 Å². The second-order valence-electron chi connectivity index (χ2n) is 5.40. The largest absolute Gasteiger partial charge is 0.508 e. The van der Waals surface area contributed by atoms with Gasteiger partial charge in [0.15, 0.2) is 0 Å². The van der Waals surface area contributed by atoms with Crippen molar-refractivity contribution in [2.24, 2.45) is 4.99 Å². The number of H-pyrrole nitrogens is 1. The summed E-state index contributed by atoms with van der Waals surface area (Å²) in [7, 11) is 3.87. The Morgan fingerprint density at radius 1 is 1.30 bits per heavy atom. The minimum Gasteiger partial charge on any atom is -0.508 e. The first-order valence-electron chi connectivity index (χ1n) is 7.23. The number of nitrogens with one attached hydrogen (secondary N) is 1. The van der Waals surface area contributed by atoms with Crippen LogP contribution in [0.25, 0.3) is 22.2 Å². The minimum absolute atomic E-state index is 0.250. The van der Waals surface area contributed by atoms with E-state index < -0.39 is 0 Å². The van der Waals surface area contributed by atoms with Crippen molar-refractivity contribution in [1.82, 2.24) is 14.9 Å². The van der Waals surface area contributed by atoms with Crippen molar-refractivity contribution in [3.8, 4) is 16.9 Å². The molecule has 0 spiro atoms. The van der Waals surface area contributed by atoms with E-state index in [2.05, 4.69) is 27.6 Å². The Morgan fingerprint density at radius 2 is 2.04 bits per heavy atom. The molecule has 2 heterocycles. The summed E-state index contributed by atoms with van der Waals surface area (Å²) in [5, 5.41) is 10.5. The SMILES string of the molecule is C=CN=C(c1cnc2[nH]cc(-c3ccc(O)cc3)c2c1)N(C)C. The number of aromatic hydroxyl groups is 1. The molecule has 116 valence electrons. The molecule has 0 radical (unpaired) electrons. The third-order valence-electron chi connectivity index (χ3n) is 3.60. The molecule has 0 fully saturated rings. The molecule has 2 aromatic heterocycles. The molecular weight excluding hydrogens is 288 g/mol. The molecule has 2 N–H and O–H groups in total. The highest BCUT2D eigenvalue weighted by atomic mass is 16.3. The van der Waals surface area contributed by atoms with Crippen LogP contribution in [0.4, 0.5) is 0 Å². The van der Waals surface area contributed by atoms with E-state index in [1.54, 1.807) is 18.3 Å². The molecule has 0 aliphatic rings. The average molecular weight is 306 g/mol. The number of phenolic OH excluding ortho intramolecular Hbond substituents is 1. The number of hydrogen-bond acceptors (Lipinski definition) is 3. The average Bonchev–Trinajstić information content (AvgIpc) is 2.96. The van der Waals surface area contributed by atoms with Gasteiger partial charge in [-0.2, -0.15) is 0 Å². The van der Waals surface area contributed by atoms with Crippen LogP contribution in [0.3, 0.4) is 0 Å². The van der Waals surface area contributed by atoms with E-state index >= 15 is 0 Å². The van der Waals surface area contributed by atoms with E-state index in [0.717, 1.165) is 33.6 Å². The van der Waals surface area contributed by atoms with E-state index in [9.17, 15) is 5.11 Å². The van der Waals surface area contributed by atoms with Crippen LogP contribution in [0.2, 0.25) is 0 Å². The molecule has 0 bridgehead atoms. The first-order valence-corrected chi connectivity index (χ1v) is 7.23. The second-order valence-corrected chi connectivity index (χ2v) is 5.40. The monoisotopic (exact) mass is 306 g/mol. The van der Waals surface area contributed by atoms with Gasteiger partial charge >= 0.3 is 0 Å². The number of benzene rings is 1. The quantitative estimate of drug-likeness (QED) is 0.576. The van der Waals surface area contributed by atoms with Crippen molar-refractivity contribution in [3.63, 3.8) is 0 Å². The van der Waals surface area contributed by atoms with Crippen molar-refractivity contribution < 1.29 is 5.11 Å². The molecule has 0 aliphatic heterocycles. The number of rotatable bonds is 3. The minimum atomic E-state index is 0.250. The van der Waals surface area contributed by atoms with E-state index in [-0.39, 0.29) is 5.75 Å². The molecule has 0 unspecified atom stereocenters. The van der Waals surface area contributed by atoms with Crippen LogP contribution in [0, 0.1) is 0 Å². The molecule has 0 atom stereocenters. The number of aromatic amines is 1. The van der Waals surface area contributed by atoms with Crippen LogP contribution in [-0.4, -0.2) is 39.9 Å². The molecule has 0 aliphatic carbocycles. The standard InChI is InChI=1S/C18H18N4O/c1-4-19-18(22(2)3)13-9-15-16(11-21-17(15)20-10-13)12-5-7-14(23)8-6-12/h4-11,23H,1H2,2-3H3,(H,20,21). The van der Waals surface area contributed by atoms with Gasteiger partial charge in [-0.3, -0.25) is 0 Å². The zero-order valence-electron chi connectivity index (χ0n) is 13.1. The van der Waals surface area contributed by atoms with Gasteiger partial charge in [-0.05, 0) is 23.8 Å². The maximum Gasteiger partial charge on any atom is 0.137 e. The molecule has 5 nitrogen and oxygen atoms in total. The lowest BCUT2D eigenvalue weighted by Crippen LogP contribution is -2.22. The van der Waals surface area contributed by atoms with E-state index in [0.29, 0.717) is 0 Å². The molecule has 1 aromatic carbocycles. The van der Waals surface area contributed by atoms with Gasteiger partial charge in [-0.25, -0.2) is 9.98 Å². The highest BCUT2D eigenvalue weighted by Crippen LogP contribution is 2.29. The highest BCUT2D eigenvalue weighted by Gasteiger charge is 2.12. The van der Waals surface area contributed by atoms with E-state index in [1.807, 2.05) is 37.3 Å². The lowest BCUT2D eigenvalue weighted by atomic mass is 10.0. The van der Waals surface area contributed by atoms with Crippen LogP contribution in [0.15, 0.2) is 60.5 Å². The summed E-state index contributed by atoms with van der Waals surface area (Å²) < 4.78 is 0. The lowest BCUT2D eigenvalue weighted by Gasteiger charge is -2.15. The van der Waals surface area contributed by atoms with Crippen molar-refractivity contribution in [2.75, 3.05) is 14.1 Å². The van der Waals surface area contributed by atoms with Crippen LogP contribution in [0.1, 0.15) is 5.56 Å². The smallest absolute Gasteiger partial charge is 0.137 e. The highest BCUT2D eigenvalue weighted by molar-refractivity contribution is 6.03. The summed E-state index contributed by atoms with van der Waals surface area (Å²) in [5.74, 6) is 1.05. The number of phenols is 1. The van der Waals surface area contributed by atoms with Gasteiger partial charge in [0.05, 0.1) is 0 Å². The Balaban J connectivity index is 2.15. The summed E-state index contributed by atoms with van der Waals surface area (Å²) in [4.78, 5) is 13.9. The molecule has 0 saturated carbocycles. The Bertz CT molecular complexity index is 876. The van der Waals surface area contributed by atoms with E-state index in [1.165, 1.54) is 6.20 Å². The predicted molar refractivity (Wildman–Crippen MR) is 93.6 cm³/mol. The first kappa shape index (κ1) is 14.8. The Morgan fingerprint density at radius 3 is 2.70 bits per heavy atom. The first-order chi connectivity index (χ1) is 11.1. The zero-order valence-corrected chi connectivity index (χ0v) is 13.1. The number of pyridine rings is 1. The number of fused-ring (bicyclic) bond motifs is 1. The fourth-order valence-electron chi connectivity index (χ4n) is 2.54. The van der Waals surface area contributed by atoms with Gasteiger partial charge < -0.3 is 15.0 Å². The van der Waals surface area contributed by atoms with Crippen molar-refractivity contribution >= 4 is 16.9 Å². The summed E-state index contributed by atoms with van der Waals surface area (Å²) >= 11 is 0. The van der Waals surface area contributed by atoms with Crippen molar-refractivity contribution in [1.29, 1.82) is 0 Å². The van der Waals surface area contributed by atoms with Crippen molar-refractivity contribution in [3.05, 3.63) is 61.1 Å². The molecule has 0 saturated heterocycles. The second kappa shape index (κ2) is 5.96. The van der Waals surface area contributed by atoms with Crippen LogP contribution in [-0.2, 0) is 0 Å². The predicted octanol–water partition coefficient (Wildman–Crippen LogP) is 3.39. The molecule has 23 heavy (non-hydrogen) atoms. The number of nitrogens with zero attached hydrogens (tertiary/aromatic N) is 3. The molecular formula is C18H18N4O. The van der Waals surface area contributed by atoms with E-state index in [4.69, 9.17) is 0 Å². The molecule has 3 rings (SSSR count). The third-order valence-corrected chi connectivity index (χ3v) is 3.60. The number of amidine groups is 1. The maximum absolute atomic E-state index is 9.45. The number of aromatic nitrogens is 2. The molecule has 5 heteroatoms. The Labute approximate surface area is 134 Å². The summed E-state index contributed by atoms with van der Waals surface area (Å²) in [6.45, 7) is 3.67. The third kappa shape index (κ3) is 2.81. The number of aliphatic imine (C=N–C) groups is 1. The van der Waals surface area contributed by atoms with Crippen LogP contribution >= 0.6 is 0 Å².